The molecule has 4 rings (SSSR count). The predicted molar refractivity (Wildman–Crippen MR) is 143 cm³/mol. The molecule has 180 valence electrons. The highest BCUT2D eigenvalue weighted by Crippen LogP contribution is 2.36. The first kappa shape index (κ1) is 27.7. The van der Waals surface area contributed by atoms with Crippen LogP contribution in [0.15, 0.2) is 79.5 Å². The second kappa shape index (κ2) is 14.0. The summed E-state index contributed by atoms with van der Waals surface area (Å²) in [4.78, 5) is 3.95. The van der Waals surface area contributed by atoms with Gasteiger partial charge in [0.15, 0.2) is 0 Å². The van der Waals surface area contributed by atoms with Crippen LogP contribution in [0.3, 0.4) is 0 Å². The molecule has 0 N–H and O–H groups in total. The number of halogens is 3. The van der Waals surface area contributed by atoms with Gasteiger partial charge in [0.2, 0.25) is 0 Å². The van der Waals surface area contributed by atoms with Gasteiger partial charge in [-0.15, -0.1) is 0 Å². The number of hydrogen-bond donors (Lipinski definition) is 0. The van der Waals surface area contributed by atoms with E-state index >= 15 is 0 Å². The zero-order chi connectivity index (χ0) is 25.8. The molecule has 1 aliphatic rings. The Balaban J connectivity index is 0.000000211. The first-order valence-electron chi connectivity index (χ1n) is 11.4. The average molecular weight is 491 g/mol. The lowest BCUT2D eigenvalue weighted by atomic mass is 9.96. The molecule has 1 heterocycles. The number of nitriles is 1. The third kappa shape index (κ3) is 8.31. The summed E-state index contributed by atoms with van der Waals surface area (Å²) in [7, 11) is 0. The van der Waals surface area contributed by atoms with E-state index < -0.39 is 0 Å². The van der Waals surface area contributed by atoms with Gasteiger partial charge in [0.1, 0.15) is 11.6 Å². The molecular formula is C30H29ClF2N2. The Bertz CT molecular complexity index is 1220. The van der Waals surface area contributed by atoms with E-state index in [2.05, 4.69) is 25.1 Å². The number of hydrogen-bond acceptors (Lipinski definition) is 2. The average Bonchev–Trinajstić information content (AvgIpc) is 3.36. The van der Waals surface area contributed by atoms with Gasteiger partial charge in [-0.3, -0.25) is 4.98 Å². The molecule has 0 bridgehead atoms. The minimum absolute atomic E-state index is 0.186. The van der Waals surface area contributed by atoms with Gasteiger partial charge >= 0.3 is 0 Å². The summed E-state index contributed by atoms with van der Waals surface area (Å²) in [6.07, 6.45) is 7.53. The first-order valence-corrected chi connectivity index (χ1v) is 11.7. The second-order valence-corrected chi connectivity index (χ2v) is 8.35. The lowest BCUT2D eigenvalue weighted by molar-refractivity contribution is 0.624. The van der Waals surface area contributed by atoms with Crippen molar-refractivity contribution in [3.05, 3.63) is 119 Å². The molecule has 0 amide bonds. The van der Waals surface area contributed by atoms with Crippen molar-refractivity contribution in [2.24, 2.45) is 0 Å². The van der Waals surface area contributed by atoms with Gasteiger partial charge in [-0.25, -0.2) is 8.78 Å². The molecule has 5 heteroatoms. The third-order valence-electron chi connectivity index (χ3n) is 5.53. The number of aromatic nitrogens is 1. The summed E-state index contributed by atoms with van der Waals surface area (Å²) in [5, 5.41) is 9.53. The molecule has 0 saturated heterocycles. The fourth-order valence-corrected chi connectivity index (χ4v) is 3.75. The van der Waals surface area contributed by atoms with E-state index in [9.17, 15) is 8.78 Å². The maximum Gasteiger partial charge on any atom is 0.131 e. The van der Waals surface area contributed by atoms with Crippen LogP contribution in [-0.2, 0) is 0 Å². The smallest absolute Gasteiger partial charge is 0.131 e. The molecule has 0 spiro atoms. The summed E-state index contributed by atoms with van der Waals surface area (Å²) in [5.41, 5.74) is 5.87. The molecule has 2 nitrogen and oxygen atoms in total. The minimum atomic E-state index is -0.373. The Kier molecular flexibility index (Phi) is 11.1. The van der Waals surface area contributed by atoms with Crippen LogP contribution in [0.4, 0.5) is 8.78 Å². The van der Waals surface area contributed by atoms with Crippen LogP contribution in [0.1, 0.15) is 55.0 Å². The van der Waals surface area contributed by atoms with Crippen LogP contribution in [-0.4, -0.2) is 4.98 Å². The molecule has 0 radical (unpaired) electrons. The van der Waals surface area contributed by atoms with Crippen LogP contribution in [0.25, 0.3) is 17.2 Å². The lowest BCUT2D eigenvalue weighted by Crippen LogP contribution is -1.92. The van der Waals surface area contributed by atoms with Gasteiger partial charge in [-0.1, -0.05) is 67.6 Å². The quantitative estimate of drug-likeness (QED) is 0.342. The van der Waals surface area contributed by atoms with Crippen molar-refractivity contribution >= 4 is 28.8 Å². The second-order valence-electron chi connectivity index (χ2n) is 7.92. The highest BCUT2D eigenvalue weighted by molar-refractivity contribution is 6.30. The molecular weight excluding hydrogens is 462 g/mol. The van der Waals surface area contributed by atoms with Crippen LogP contribution in [0, 0.1) is 29.9 Å². The molecule has 1 aliphatic carbocycles. The van der Waals surface area contributed by atoms with Crippen LogP contribution >= 0.6 is 11.6 Å². The topological polar surface area (TPSA) is 36.7 Å². The van der Waals surface area contributed by atoms with Crippen molar-refractivity contribution in [3.63, 3.8) is 0 Å². The van der Waals surface area contributed by atoms with Gasteiger partial charge < -0.3 is 0 Å². The van der Waals surface area contributed by atoms with Gasteiger partial charge in [0.25, 0.3) is 0 Å². The normalized spacial score (nSPS) is 12.0. The Morgan fingerprint density at radius 3 is 2.40 bits per heavy atom. The van der Waals surface area contributed by atoms with Crippen LogP contribution in [0.5, 0.6) is 0 Å². The zero-order valence-electron chi connectivity index (χ0n) is 20.1. The van der Waals surface area contributed by atoms with Crippen molar-refractivity contribution in [3.8, 4) is 6.07 Å². The number of nitrogens with zero attached hydrogens (tertiary/aromatic N) is 2. The van der Waals surface area contributed by atoms with Gasteiger partial charge in [-0.2, -0.15) is 5.26 Å². The van der Waals surface area contributed by atoms with E-state index in [0.717, 1.165) is 30.5 Å². The summed E-state index contributed by atoms with van der Waals surface area (Å²) in [5.74, 6) is -0.588. The van der Waals surface area contributed by atoms with Crippen molar-refractivity contribution < 1.29 is 8.78 Å². The zero-order valence-corrected chi connectivity index (χ0v) is 20.9. The SMILES string of the molecule is C=C(C#N)c1cc(C2=C(CC)CCC2)ccc1F.C=Cc1ccccc1F.Cc1ccc(Cl)cn1. The first-order chi connectivity index (χ1) is 16.8. The predicted octanol–water partition coefficient (Wildman–Crippen LogP) is 9.22. The fraction of sp³-hybridized carbons (Fsp3) is 0.200. The molecule has 0 aliphatic heterocycles. The highest BCUT2D eigenvalue weighted by atomic mass is 35.5. The standard InChI is InChI=1S/C16H16FN.C8H7F.C6H6ClN/c1-3-12-5-4-6-14(12)13-7-8-16(17)15(9-13)11(2)10-18;1-2-7-5-3-4-6-8(7)9;1-5-2-3-6(7)4-8-5/h7-9H,2-6H2,1H3;2-6H,1H2;2-4H,1H3. The summed E-state index contributed by atoms with van der Waals surface area (Å²) in [6.45, 7) is 11.1. The Hall–Kier alpha value is -3.55. The number of allylic oxidation sites excluding steroid dienone is 3. The van der Waals surface area contributed by atoms with E-state index in [1.807, 2.05) is 25.1 Å². The number of rotatable bonds is 4. The van der Waals surface area contributed by atoms with Crippen molar-refractivity contribution in [2.45, 2.75) is 39.5 Å². The summed E-state index contributed by atoms with van der Waals surface area (Å²) < 4.78 is 26.2. The summed E-state index contributed by atoms with van der Waals surface area (Å²) in [6, 6.07) is 17.1. The molecule has 1 aromatic heterocycles. The maximum absolute atomic E-state index is 13.6. The Labute approximate surface area is 211 Å². The monoisotopic (exact) mass is 490 g/mol. The fourth-order valence-electron chi connectivity index (χ4n) is 3.64. The van der Waals surface area contributed by atoms with E-state index in [0.29, 0.717) is 16.1 Å². The van der Waals surface area contributed by atoms with Gasteiger partial charge in [0.05, 0.1) is 16.7 Å². The number of aryl methyl sites for hydroxylation is 1. The van der Waals surface area contributed by atoms with Crippen molar-refractivity contribution in [2.75, 3.05) is 0 Å². The number of pyridine rings is 1. The Morgan fingerprint density at radius 1 is 1.11 bits per heavy atom. The van der Waals surface area contributed by atoms with E-state index in [-0.39, 0.29) is 17.2 Å². The largest absolute Gasteiger partial charge is 0.260 e. The minimum Gasteiger partial charge on any atom is -0.260 e. The van der Waals surface area contributed by atoms with Crippen LogP contribution < -0.4 is 0 Å². The van der Waals surface area contributed by atoms with Crippen molar-refractivity contribution in [1.29, 1.82) is 5.26 Å². The molecule has 0 saturated carbocycles. The third-order valence-corrected chi connectivity index (χ3v) is 5.76. The highest BCUT2D eigenvalue weighted by Gasteiger charge is 2.16. The molecule has 3 aromatic rings. The molecule has 2 aromatic carbocycles. The lowest BCUT2D eigenvalue weighted by Gasteiger charge is -2.09. The maximum atomic E-state index is 13.6. The molecule has 35 heavy (non-hydrogen) atoms. The number of benzene rings is 2. The van der Waals surface area contributed by atoms with Crippen LogP contribution in [0.2, 0.25) is 5.02 Å². The van der Waals surface area contributed by atoms with Crippen molar-refractivity contribution in [1.82, 2.24) is 4.98 Å². The van der Waals surface area contributed by atoms with E-state index in [1.165, 1.54) is 35.8 Å². The van der Waals surface area contributed by atoms with E-state index in [4.69, 9.17) is 16.9 Å². The summed E-state index contributed by atoms with van der Waals surface area (Å²) >= 11 is 5.55. The van der Waals surface area contributed by atoms with Gasteiger partial charge in [-0.05, 0) is 74.1 Å². The molecule has 0 unspecified atom stereocenters. The van der Waals surface area contributed by atoms with E-state index in [1.54, 1.807) is 36.5 Å². The Morgan fingerprint density at radius 2 is 1.86 bits per heavy atom. The molecule has 0 atom stereocenters. The van der Waals surface area contributed by atoms with Gasteiger partial charge in [0, 0.05) is 23.0 Å². The molecule has 0 fully saturated rings.